The van der Waals surface area contributed by atoms with Crippen LogP contribution in [0.4, 0.5) is 15.3 Å². The Labute approximate surface area is 248 Å². The van der Waals surface area contributed by atoms with Crippen molar-refractivity contribution in [3.8, 4) is 5.75 Å². The summed E-state index contributed by atoms with van der Waals surface area (Å²) in [6.45, 7) is 9.42. The summed E-state index contributed by atoms with van der Waals surface area (Å²) in [5.74, 6) is 0.0565. The van der Waals surface area contributed by atoms with Gasteiger partial charge >= 0.3 is 12.2 Å². The van der Waals surface area contributed by atoms with Crippen LogP contribution in [0, 0.1) is 17.8 Å². The van der Waals surface area contributed by atoms with Crippen LogP contribution in [0.2, 0.25) is 0 Å². The molecule has 1 aliphatic heterocycles. The van der Waals surface area contributed by atoms with Crippen molar-refractivity contribution in [2.24, 2.45) is 29.2 Å². The standard InChI is InChI=1S/C31H47N3O8/c1-17-9-21(5)29(35)34-23-14-22(15-24(16-23)38-6)10-18(2)11-25(39-7)27(40-8)19(3)13-20(4)28(42-31(33)37)26(12-17)41-30(32)36/h9,13-19,25-28H,10-12H2,1-8H3,(H2,32,36)(H2,33,37)(H,34,35)/b20-13+,21-9+/t17-,18+,19-,25+,26?,27?,28-/m1/s1. The number of benzene rings is 1. The maximum atomic E-state index is 13.1. The molecule has 0 radical (unpaired) electrons. The first-order valence-electron chi connectivity index (χ1n) is 14.1. The second-order valence-electron chi connectivity index (χ2n) is 11.2. The first kappa shape index (κ1) is 34.6. The van der Waals surface area contributed by atoms with Gasteiger partial charge in [-0.15, -0.1) is 0 Å². The van der Waals surface area contributed by atoms with Gasteiger partial charge in [-0.1, -0.05) is 32.9 Å². The van der Waals surface area contributed by atoms with Crippen LogP contribution < -0.4 is 21.5 Å². The van der Waals surface area contributed by atoms with Crippen LogP contribution in [0.25, 0.3) is 0 Å². The zero-order chi connectivity index (χ0) is 31.6. The summed E-state index contributed by atoms with van der Waals surface area (Å²) < 4.78 is 28.2. The molecule has 1 aliphatic rings. The molecule has 3 amide bonds. The minimum atomic E-state index is -1.03. The van der Waals surface area contributed by atoms with Gasteiger partial charge in [0.05, 0.1) is 19.3 Å². The van der Waals surface area contributed by atoms with Gasteiger partial charge in [0.25, 0.3) is 5.91 Å². The Hall–Kier alpha value is -3.57. The molecule has 0 spiro atoms. The second kappa shape index (κ2) is 16.2. The Morgan fingerprint density at radius 2 is 1.55 bits per heavy atom. The van der Waals surface area contributed by atoms with E-state index in [0.29, 0.717) is 35.4 Å². The topological polar surface area (TPSA) is 161 Å². The number of hydrogen-bond donors (Lipinski definition) is 3. The van der Waals surface area contributed by atoms with Crippen molar-refractivity contribution in [2.45, 2.75) is 78.3 Å². The van der Waals surface area contributed by atoms with Crippen molar-refractivity contribution in [1.29, 1.82) is 0 Å². The number of methoxy groups -OCH3 is 3. The molecular weight excluding hydrogens is 542 g/mol. The highest BCUT2D eigenvalue weighted by atomic mass is 16.6. The lowest BCUT2D eigenvalue weighted by Gasteiger charge is -2.32. The van der Waals surface area contributed by atoms with Crippen molar-refractivity contribution in [1.82, 2.24) is 0 Å². The number of nitrogens with two attached hydrogens (primary N) is 2. The van der Waals surface area contributed by atoms with E-state index in [2.05, 4.69) is 12.2 Å². The molecule has 7 atom stereocenters. The van der Waals surface area contributed by atoms with Crippen molar-refractivity contribution in [2.75, 3.05) is 26.6 Å². The third kappa shape index (κ3) is 10.4. The third-order valence-corrected chi connectivity index (χ3v) is 7.46. The Morgan fingerprint density at radius 1 is 0.881 bits per heavy atom. The predicted molar refractivity (Wildman–Crippen MR) is 160 cm³/mol. The molecule has 1 heterocycles. The summed E-state index contributed by atoms with van der Waals surface area (Å²) in [6, 6.07) is 5.67. The first-order chi connectivity index (χ1) is 19.8. The number of ether oxygens (including phenoxy) is 5. The fourth-order valence-corrected chi connectivity index (χ4v) is 5.66. The molecule has 1 aromatic rings. The van der Waals surface area contributed by atoms with Gasteiger partial charge in [-0.2, -0.15) is 0 Å². The fraction of sp³-hybridized carbons (Fsp3) is 0.581. The Balaban J connectivity index is 2.64. The van der Waals surface area contributed by atoms with E-state index in [4.69, 9.17) is 35.2 Å². The van der Waals surface area contributed by atoms with Gasteiger partial charge in [0.15, 0.2) is 6.10 Å². The Morgan fingerprint density at radius 3 is 2.12 bits per heavy atom. The Bertz CT molecular complexity index is 1150. The van der Waals surface area contributed by atoms with E-state index in [9.17, 15) is 14.4 Å². The highest BCUT2D eigenvalue weighted by molar-refractivity contribution is 6.03. The normalized spacial score (nSPS) is 30.6. The third-order valence-electron chi connectivity index (χ3n) is 7.46. The summed E-state index contributed by atoms with van der Waals surface area (Å²) in [5.41, 5.74) is 13.5. The molecule has 2 unspecified atom stereocenters. The van der Waals surface area contributed by atoms with Gasteiger partial charge in [0.2, 0.25) is 0 Å². The van der Waals surface area contributed by atoms with Crippen LogP contribution in [0.3, 0.4) is 0 Å². The number of carbonyl (C=O) groups excluding carboxylic acids is 3. The molecule has 11 heteroatoms. The number of fused-ring (bicyclic) bond motifs is 2. The molecule has 0 fully saturated rings. The number of rotatable bonds is 5. The van der Waals surface area contributed by atoms with Crippen molar-refractivity contribution < 1.29 is 38.1 Å². The van der Waals surface area contributed by atoms with Gasteiger partial charge in [0, 0.05) is 37.5 Å². The minimum absolute atomic E-state index is 0.185. The first-order valence-corrected chi connectivity index (χ1v) is 14.1. The van der Waals surface area contributed by atoms with Gasteiger partial charge in [-0.25, -0.2) is 9.59 Å². The van der Waals surface area contributed by atoms with Crippen LogP contribution >= 0.6 is 0 Å². The highest BCUT2D eigenvalue weighted by Crippen LogP contribution is 2.29. The zero-order valence-electron chi connectivity index (χ0n) is 26.0. The molecule has 1 aromatic carbocycles. The van der Waals surface area contributed by atoms with Crippen LogP contribution in [0.5, 0.6) is 5.75 Å². The van der Waals surface area contributed by atoms with E-state index in [-0.39, 0.29) is 42.3 Å². The summed E-state index contributed by atoms with van der Waals surface area (Å²) >= 11 is 0. The van der Waals surface area contributed by atoms with Crippen LogP contribution in [0.15, 0.2) is 41.5 Å². The quantitative estimate of drug-likeness (QED) is 0.415. The zero-order valence-corrected chi connectivity index (χ0v) is 26.0. The number of primary amides is 2. The van der Waals surface area contributed by atoms with Crippen molar-refractivity contribution >= 4 is 23.8 Å². The molecule has 0 saturated carbocycles. The summed E-state index contributed by atoms with van der Waals surface area (Å²) in [7, 11) is 4.86. The molecule has 2 bridgehead atoms. The average molecular weight is 590 g/mol. The van der Waals surface area contributed by atoms with E-state index in [0.717, 1.165) is 5.56 Å². The maximum absolute atomic E-state index is 13.1. The van der Waals surface area contributed by atoms with Gasteiger partial charge in [-0.3, -0.25) is 4.79 Å². The summed E-state index contributed by atoms with van der Waals surface area (Å²) in [4.78, 5) is 36.9. The SMILES string of the molecule is COc1cc2cc(c1)NC(=O)/C(C)=C/[C@@H](C)CC(OC(N)=O)[C@H](OC(N)=O)/C(C)=C/[C@@H](C)C(OC)[C@@H](OC)C[C@@H](C)C2. The summed E-state index contributed by atoms with van der Waals surface area (Å²) in [5, 5.41) is 2.95. The summed E-state index contributed by atoms with van der Waals surface area (Å²) in [6.07, 6.45) is 0.596. The molecule has 11 nitrogen and oxygen atoms in total. The van der Waals surface area contributed by atoms with Crippen molar-refractivity contribution in [3.05, 3.63) is 47.1 Å². The monoisotopic (exact) mass is 589 g/mol. The molecule has 5 N–H and O–H groups in total. The molecule has 0 aliphatic carbocycles. The van der Waals surface area contributed by atoms with E-state index in [1.807, 2.05) is 32.1 Å². The van der Waals surface area contributed by atoms with Crippen molar-refractivity contribution in [3.63, 3.8) is 0 Å². The molecule has 42 heavy (non-hydrogen) atoms. The Kier molecular flexibility index (Phi) is 13.3. The fourth-order valence-electron chi connectivity index (χ4n) is 5.66. The number of allylic oxidation sites excluding steroid dienone is 1. The molecule has 2 rings (SSSR count). The van der Waals surface area contributed by atoms with Crippen LogP contribution in [-0.4, -0.2) is 63.8 Å². The lowest BCUT2D eigenvalue weighted by molar-refractivity contribution is -0.112. The van der Waals surface area contributed by atoms with Crippen LogP contribution in [-0.2, 0) is 30.2 Å². The smallest absolute Gasteiger partial charge is 0.405 e. The van der Waals surface area contributed by atoms with Gasteiger partial charge in [0.1, 0.15) is 11.9 Å². The number of anilines is 1. The van der Waals surface area contributed by atoms with E-state index in [1.165, 1.54) is 0 Å². The van der Waals surface area contributed by atoms with Gasteiger partial charge < -0.3 is 40.5 Å². The highest BCUT2D eigenvalue weighted by Gasteiger charge is 2.33. The van der Waals surface area contributed by atoms with E-state index < -0.39 is 24.4 Å². The molecule has 0 saturated heterocycles. The largest absolute Gasteiger partial charge is 0.497 e. The molecule has 0 aromatic heterocycles. The maximum Gasteiger partial charge on any atom is 0.405 e. The van der Waals surface area contributed by atoms with Crippen LogP contribution in [0.1, 0.15) is 53.0 Å². The molecule has 234 valence electrons. The second-order valence-corrected chi connectivity index (χ2v) is 11.2. The van der Waals surface area contributed by atoms with E-state index >= 15 is 0 Å². The lowest BCUT2D eigenvalue weighted by atomic mass is 9.87. The molecular formula is C31H47N3O8. The van der Waals surface area contributed by atoms with E-state index in [1.54, 1.807) is 47.3 Å². The van der Waals surface area contributed by atoms with Gasteiger partial charge in [-0.05, 0) is 68.2 Å². The minimum Gasteiger partial charge on any atom is -0.497 e. The number of carbonyl (C=O) groups is 3. The number of hydrogen-bond acceptors (Lipinski definition) is 8. The predicted octanol–water partition coefficient (Wildman–Crippen LogP) is 4.73. The lowest BCUT2D eigenvalue weighted by Crippen LogP contribution is -2.40. The average Bonchev–Trinajstić information content (AvgIpc) is 2.89. The number of amides is 3. The number of nitrogens with one attached hydrogen (secondary N) is 1.